The molecule has 9 heteroatoms. The fraction of sp³-hybridized carbons (Fsp3) is 0.250. The van der Waals surface area contributed by atoms with Crippen LogP contribution in [0.25, 0.3) is 0 Å². The molecule has 1 aromatic heterocycles. The van der Waals surface area contributed by atoms with Crippen LogP contribution in [0.1, 0.15) is 27.6 Å². The summed E-state index contributed by atoms with van der Waals surface area (Å²) in [6.45, 7) is 3.04. The molecule has 0 aliphatic carbocycles. The van der Waals surface area contributed by atoms with Gasteiger partial charge in [0.05, 0.1) is 17.0 Å². The van der Waals surface area contributed by atoms with E-state index in [1.165, 1.54) is 12.1 Å². The molecule has 2 rings (SSSR count). The molecule has 0 amide bonds. The Morgan fingerprint density at radius 3 is 2.67 bits per heavy atom. The Labute approximate surface area is 120 Å². The third-order valence-corrected chi connectivity index (χ3v) is 4.13. The molecule has 0 aliphatic rings. The normalized spacial score (nSPS) is 11.5. The Balaban J connectivity index is 2.23. The minimum atomic E-state index is -3.86. The number of rotatable bonds is 5. The third-order valence-electron chi connectivity index (χ3n) is 2.73. The summed E-state index contributed by atoms with van der Waals surface area (Å²) in [4.78, 5) is 14.8. The minimum absolute atomic E-state index is 0.0634. The summed E-state index contributed by atoms with van der Waals surface area (Å²) < 4.78 is 31.3. The van der Waals surface area contributed by atoms with E-state index >= 15 is 0 Å². The molecule has 1 aromatic carbocycles. The molecule has 0 atom stereocenters. The maximum Gasteiger partial charge on any atom is 0.335 e. The number of sulfonamides is 1. The van der Waals surface area contributed by atoms with Gasteiger partial charge in [-0.15, -0.1) is 0 Å². The molecule has 0 radical (unpaired) electrons. The first-order chi connectivity index (χ1) is 9.79. The number of carboxylic acids is 1. The smallest absolute Gasteiger partial charge is 0.335 e. The molecule has 0 bridgehead atoms. The van der Waals surface area contributed by atoms with Gasteiger partial charge in [0.25, 0.3) is 0 Å². The van der Waals surface area contributed by atoms with Crippen LogP contribution in [0.15, 0.2) is 27.6 Å². The van der Waals surface area contributed by atoms with Gasteiger partial charge in [-0.1, -0.05) is 11.2 Å². The first-order valence-electron chi connectivity index (χ1n) is 5.92. The molecule has 1 heterocycles. The van der Waals surface area contributed by atoms with E-state index in [4.69, 9.17) is 9.63 Å². The van der Waals surface area contributed by atoms with Crippen molar-refractivity contribution in [2.24, 2.45) is 0 Å². The van der Waals surface area contributed by atoms with E-state index in [1.807, 2.05) is 0 Å². The van der Waals surface area contributed by atoms with Crippen molar-refractivity contribution < 1.29 is 22.8 Å². The predicted octanol–water partition coefficient (Wildman–Crippen LogP) is 0.863. The minimum Gasteiger partial charge on any atom is -0.478 e. The molecular formula is C12H13N3O5S. The zero-order valence-corrected chi connectivity index (χ0v) is 12.1. The monoisotopic (exact) mass is 311 g/mol. The van der Waals surface area contributed by atoms with Crippen molar-refractivity contribution in [2.45, 2.75) is 25.3 Å². The van der Waals surface area contributed by atoms with Crippen LogP contribution in [-0.4, -0.2) is 29.6 Å². The quantitative estimate of drug-likeness (QED) is 0.839. The summed E-state index contributed by atoms with van der Waals surface area (Å²) in [5, 5.41) is 12.6. The van der Waals surface area contributed by atoms with Gasteiger partial charge < -0.3 is 9.63 Å². The second kappa shape index (κ2) is 5.62. The van der Waals surface area contributed by atoms with Gasteiger partial charge in [-0.2, -0.15) is 4.98 Å². The fourth-order valence-corrected chi connectivity index (χ4v) is 2.65. The van der Waals surface area contributed by atoms with E-state index < -0.39 is 16.0 Å². The summed E-state index contributed by atoms with van der Waals surface area (Å²) in [6, 6.07) is 3.89. The summed E-state index contributed by atoms with van der Waals surface area (Å²) in [6.07, 6.45) is 0. The second-order valence-corrected chi connectivity index (χ2v) is 6.11. The molecule has 0 fully saturated rings. The van der Waals surface area contributed by atoms with E-state index in [1.54, 1.807) is 13.8 Å². The highest BCUT2D eigenvalue weighted by atomic mass is 32.2. The number of benzene rings is 1. The highest BCUT2D eigenvalue weighted by molar-refractivity contribution is 7.89. The van der Waals surface area contributed by atoms with Crippen molar-refractivity contribution in [3.63, 3.8) is 0 Å². The first kappa shape index (κ1) is 15.1. The number of nitrogens with one attached hydrogen (secondary N) is 1. The Bertz CT molecular complexity index is 782. The van der Waals surface area contributed by atoms with Crippen LogP contribution in [0.4, 0.5) is 0 Å². The van der Waals surface area contributed by atoms with E-state index in [9.17, 15) is 13.2 Å². The van der Waals surface area contributed by atoms with Crippen molar-refractivity contribution >= 4 is 16.0 Å². The van der Waals surface area contributed by atoms with Crippen molar-refractivity contribution in [2.75, 3.05) is 0 Å². The maximum atomic E-state index is 12.1. The molecule has 0 saturated carbocycles. The molecule has 0 unspecified atom stereocenters. The predicted molar refractivity (Wildman–Crippen MR) is 71.2 cm³/mol. The number of nitrogens with zero attached hydrogens (tertiary/aromatic N) is 2. The Morgan fingerprint density at radius 1 is 1.38 bits per heavy atom. The highest BCUT2D eigenvalue weighted by Crippen LogP contribution is 2.16. The molecule has 8 nitrogen and oxygen atoms in total. The van der Waals surface area contributed by atoms with Gasteiger partial charge in [0.15, 0.2) is 5.82 Å². The van der Waals surface area contributed by atoms with Crippen LogP contribution in [0, 0.1) is 13.8 Å². The van der Waals surface area contributed by atoms with Crippen LogP contribution in [0.3, 0.4) is 0 Å². The van der Waals surface area contributed by atoms with Gasteiger partial charge >= 0.3 is 5.97 Å². The van der Waals surface area contributed by atoms with Gasteiger partial charge in [-0.05, 0) is 31.5 Å². The average molecular weight is 311 g/mol. The van der Waals surface area contributed by atoms with Gasteiger partial charge in [-0.3, -0.25) is 0 Å². The summed E-state index contributed by atoms with van der Waals surface area (Å²) >= 11 is 0. The molecule has 112 valence electrons. The zero-order chi connectivity index (χ0) is 15.6. The van der Waals surface area contributed by atoms with E-state index in [0.29, 0.717) is 11.4 Å². The molecule has 0 aliphatic heterocycles. The van der Waals surface area contributed by atoms with Crippen LogP contribution in [0.5, 0.6) is 0 Å². The largest absolute Gasteiger partial charge is 0.478 e. The summed E-state index contributed by atoms with van der Waals surface area (Å²) in [5.74, 6) is -0.661. The lowest BCUT2D eigenvalue weighted by Crippen LogP contribution is -2.23. The van der Waals surface area contributed by atoms with Gasteiger partial charge in [0, 0.05) is 0 Å². The number of carboxylic acid groups (broad SMARTS) is 1. The number of carbonyl (C=O) groups is 1. The average Bonchev–Trinajstić information content (AvgIpc) is 2.82. The lowest BCUT2D eigenvalue weighted by molar-refractivity contribution is 0.0696. The van der Waals surface area contributed by atoms with Crippen molar-refractivity contribution in [3.05, 3.63) is 41.0 Å². The number of hydrogen-bond acceptors (Lipinski definition) is 6. The topological polar surface area (TPSA) is 122 Å². The second-order valence-electron chi connectivity index (χ2n) is 4.34. The Morgan fingerprint density at radius 2 is 2.10 bits per heavy atom. The van der Waals surface area contributed by atoms with Crippen molar-refractivity contribution in [1.29, 1.82) is 0 Å². The molecule has 21 heavy (non-hydrogen) atoms. The SMILES string of the molecule is Cc1noc(CNS(=O)(=O)c2ccc(C)c(C(=O)O)c2)n1. The molecule has 2 aromatic rings. The van der Waals surface area contributed by atoms with Crippen LogP contribution in [-0.2, 0) is 16.6 Å². The number of aryl methyl sites for hydroxylation is 2. The number of hydrogen-bond donors (Lipinski definition) is 2. The third kappa shape index (κ3) is 3.44. The molecule has 2 N–H and O–H groups in total. The van der Waals surface area contributed by atoms with Crippen molar-refractivity contribution in [1.82, 2.24) is 14.9 Å². The Kier molecular flexibility index (Phi) is 4.05. The summed E-state index contributed by atoms with van der Waals surface area (Å²) in [5.41, 5.74) is 0.417. The highest BCUT2D eigenvalue weighted by Gasteiger charge is 2.18. The number of aromatic carboxylic acids is 1. The molecule has 0 saturated heterocycles. The lowest BCUT2D eigenvalue weighted by Gasteiger charge is -2.07. The molecule has 0 spiro atoms. The van der Waals surface area contributed by atoms with Gasteiger partial charge in [-0.25, -0.2) is 17.9 Å². The van der Waals surface area contributed by atoms with E-state index in [2.05, 4.69) is 14.9 Å². The fourth-order valence-electron chi connectivity index (χ4n) is 1.65. The maximum absolute atomic E-state index is 12.1. The van der Waals surface area contributed by atoms with Crippen molar-refractivity contribution in [3.8, 4) is 0 Å². The first-order valence-corrected chi connectivity index (χ1v) is 7.41. The van der Waals surface area contributed by atoms with Crippen LogP contribution >= 0.6 is 0 Å². The van der Waals surface area contributed by atoms with E-state index in [0.717, 1.165) is 6.07 Å². The lowest BCUT2D eigenvalue weighted by atomic mass is 10.1. The van der Waals surface area contributed by atoms with Gasteiger partial charge in [0.2, 0.25) is 15.9 Å². The number of aromatic nitrogens is 2. The molecular weight excluding hydrogens is 298 g/mol. The standard InChI is InChI=1S/C12H13N3O5S/c1-7-3-4-9(5-10(7)12(16)17)21(18,19)13-6-11-14-8(2)15-20-11/h3-5,13H,6H2,1-2H3,(H,16,17). The summed E-state index contributed by atoms with van der Waals surface area (Å²) in [7, 11) is -3.86. The van der Waals surface area contributed by atoms with Crippen LogP contribution in [0.2, 0.25) is 0 Å². The van der Waals surface area contributed by atoms with E-state index in [-0.39, 0.29) is 22.9 Å². The zero-order valence-electron chi connectivity index (χ0n) is 11.3. The van der Waals surface area contributed by atoms with Gasteiger partial charge in [0.1, 0.15) is 0 Å². The Hall–Kier alpha value is -2.26. The van der Waals surface area contributed by atoms with Crippen LogP contribution < -0.4 is 4.72 Å².